The summed E-state index contributed by atoms with van der Waals surface area (Å²) in [5, 5.41) is 0. The van der Waals surface area contributed by atoms with Crippen LogP contribution in [0.1, 0.15) is 40.5 Å². The van der Waals surface area contributed by atoms with Crippen LogP contribution in [0.25, 0.3) is 0 Å². The van der Waals surface area contributed by atoms with E-state index in [1.165, 1.54) is 0 Å². The van der Waals surface area contributed by atoms with Gasteiger partial charge in [0.25, 0.3) is 5.91 Å². The number of nitrogens with one attached hydrogen (secondary N) is 1. The first-order valence-corrected chi connectivity index (χ1v) is 8.21. The van der Waals surface area contributed by atoms with Gasteiger partial charge in [-0.05, 0) is 13.3 Å². The van der Waals surface area contributed by atoms with E-state index in [2.05, 4.69) is 4.72 Å². The fourth-order valence-corrected chi connectivity index (χ4v) is 3.48. The van der Waals surface area contributed by atoms with E-state index < -0.39 is 26.9 Å². The molecular weight excluding hydrogens is 268 g/mol. The Labute approximate surface area is 115 Å². The van der Waals surface area contributed by atoms with E-state index in [1.807, 2.05) is 20.8 Å². The second-order valence-electron chi connectivity index (χ2n) is 5.59. The molecule has 0 spiro atoms. The smallest absolute Gasteiger partial charge is 0.254 e. The minimum Gasteiger partial charge on any atom is -0.378 e. The zero-order valence-electron chi connectivity index (χ0n) is 12.0. The maximum Gasteiger partial charge on any atom is 0.254 e. The van der Waals surface area contributed by atoms with Gasteiger partial charge in [-0.1, -0.05) is 20.8 Å². The summed E-state index contributed by atoms with van der Waals surface area (Å²) < 4.78 is 30.8. The summed E-state index contributed by atoms with van der Waals surface area (Å²) in [6.45, 7) is 7.80. The van der Waals surface area contributed by atoms with Gasteiger partial charge in [-0.2, -0.15) is 0 Å². The van der Waals surface area contributed by atoms with E-state index >= 15 is 0 Å². The first-order valence-electron chi connectivity index (χ1n) is 6.56. The van der Waals surface area contributed by atoms with Crippen LogP contribution in [-0.2, 0) is 19.6 Å². The van der Waals surface area contributed by atoms with Crippen LogP contribution in [-0.4, -0.2) is 38.3 Å². The largest absolute Gasteiger partial charge is 0.378 e. The molecule has 0 bridgehead atoms. The van der Waals surface area contributed by atoms with Gasteiger partial charge in [0.05, 0.1) is 11.9 Å². The first kappa shape index (κ1) is 16.4. The van der Waals surface area contributed by atoms with Crippen LogP contribution in [0.3, 0.4) is 0 Å². The van der Waals surface area contributed by atoms with Gasteiger partial charge < -0.3 is 10.5 Å². The van der Waals surface area contributed by atoms with Crippen LogP contribution < -0.4 is 10.5 Å². The van der Waals surface area contributed by atoms with E-state index in [9.17, 15) is 13.2 Å². The van der Waals surface area contributed by atoms with Crippen molar-refractivity contribution in [3.8, 4) is 0 Å². The van der Waals surface area contributed by atoms with E-state index in [0.717, 1.165) is 0 Å². The molecule has 2 atom stereocenters. The number of sulfonamides is 1. The van der Waals surface area contributed by atoms with E-state index in [-0.39, 0.29) is 11.9 Å². The normalized spacial score (nSPS) is 29.6. The number of carbonyl (C=O) groups is 1. The second-order valence-corrected chi connectivity index (χ2v) is 7.43. The molecule has 0 aromatic rings. The summed E-state index contributed by atoms with van der Waals surface area (Å²) >= 11 is 0. The van der Waals surface area contributed by atoms with Crippen molar-refractivity contribution in [1.29, 1.82) is 0 Å². The van der Waals surface area contributed by atoms with Crippen molar-refractivity contribution in [2.75, 3.05) is 12.4 Å². The van der Waals surface area contributed by atoms with Gasteiger partial charge in [0.2, 0.25) is 10.0 Å². The van der Waals surface area contributed by atoms with Crippen molar-refractivity contribution < 1.29 is 17.9 Å². The van der Waals surface area contributed by atoms with E-state index in [4.69, 9.17) is 10.5 Å². The molecule has 0 aliphatic heterocycles. The SMILES string of the molecule is CCCS(=O)(=O)NC(=O)C1(N)CC(OCC)C1(C)C. The van der Waals surface area contributed by atoms with Crippen molar-refractivity contribution in [2.45, 2.75) is 52.2 Å². The first-order chi connectivity index (χ1) is 8.60. The van der Waals surface area contributed by atoms with E-state index in [0.29, 0.717) is 19.4 Å². The van der Waals surface area contributed by atoms with Crippen LogP contribution in [0, 0.1) is 5.41 Å². The van der Waals surface area contributed by atoms with Gasteiger partial charge in [-0.3, -0.25) is 9.52 Å². The summed E-state index contributed by atoms with van der Waals surface area (Å²) in [5.74, 6) is -0.716. The molecule has 1 aliphatic rings. The average Bonchev–Trinajstić information content (AvgIpc) is 2.27. The lowest BCUT2D eigenvalue weighted by Crippen LogP contribution is -2.76. The fourth-order valence-electron chi connectivity index (χ4n) is 2.37. The van der Waals surface area contributed by atoms with Gasteiger partial charge >= 0.3 is 0 Å². The lowest BCUT2D eigenvalue weighted by molar-refractivity contribution is -0.169. The molecule has 7 heteroatoms. The highest BCUT2D eigenvalue weighted by Gasteiger charge is 2.63. The molecule has 0 heterocycles. The minimum absolute atomic E-state index is 0.0792. The van der Waals surface area contributed by atoms with Crippen LogP contribution in [0.5, 0.6) is 0 Å². The number of amides is 1. The van der Waals surface area contributed by atoms with Gasteiger partial charge in [0.15, 0.2) is 0 Å². The third kappa shape index (κ3) is 2.93. The third-order valence-electron chi connectivity index (χ3n) is 3.96. The van der Waals surface area contributed by atoms with Crippen molar-refractivity contribution in [1.82, 2.24) is 4.72 Å². The molecule has 2 unspecified atom stereocenters. The van der Waals surface area contributed by atoms with Gasteiger partial charge in [-0.25, -0.2) is 8.42 Å². The molecule has 0 radical (unpaired) electrons. The van der Waals surface area contributed by atoms with Crippen molar-refractivity contribution in [3.05, 3.63) is 0 Å². The molecule has 0 saturated heterocycles. The molecule has 112 valence electrons. The number of nitrogens with two attached hydrogens (primary N) is 1. The molecule has 6 nitrogen and oxygen atoms in total. The zero-order chi connectivity index (χ0) is 14.9. The summed E-state index contributed by atoms with van der Waals surface area (Å²) in [4.78, 5) is 12.1. The lowest BCUT2D eigenvalue weighted by atomic mass is 9.54. The Kier molecular flexibility index (Phi) is 4.64. The predicted octanol–water partition coefficient (Wildman–Crippen LogP) is 0.375. The molecule has 3 N–H and O–H groups in total. The maximum absolute atomic E-state index is 12.1. The molecule has 0 aromatic heterocycles. The average molecular weight is 292 g/mol. The fraction of sp³-hybridized carbons (Fsp3) is 0.917. The molecule has 1 saturated carbocycles. The number of ether oxygens (including phenoxy) is 1. The number of carbonyl (C=O) groups excluding carboxylic acids is 1. The van der Waals surface area contributed by atoms with Crippen molar-refractivity contribution >= 4 is 15.9 Å². The molecule has 1 aliphatic carbocycles. The number of hydrogen-bond donors (Lipinski definition) is 2. The molecular formula is C12H24N2O4S. The Hall–Kier alpha value is -0.660. The Balaban J connectivity index is 2.79. The molecule has 1 fully saturated rings. The summed E-state index contributed by atoms with van der Waals surface area (Å²) in [7, 11) is -3.59. The highest BCUT2D eigenvalue weighted by Crippen LogP contribution is 2.49. The second kappa shape index (κ2) is 5.38. The minimum atomic E-state index is -3.59. The molecule has 19 heavy (non-hydrogen) atoms. The van der Waals surface area contributed by atoms with E-state index in [1.54, 1.807) is 6.92 Å². The van der Waals surface area contributed by atoms with Gasteiger partial charge in [-0.15, -0.1) is 0 Å². The highest BCUT2D eigenvalue weighted by molar-refractivity contribution is 7.90. The summed E-state index contributed by atoms with van der Waals surface area (Å²) in [6.07, 6.45) is 0.661. The topological polar surface area (TPSA) is 98.5 Å². The molecule has 1 amide bonds. The maximum atomic E-state index is 12.1. The van der Waals surface area contributed by atoms with Gasteiger partial charge in [0.1, 0.15) is 5.54 Å². The Morgan fingerprint density at radius 2 is 2.00 bits per heavy atom. The monoisotopic (exact) mass is 292 g/mol. The molecule has 1 rings (SSSR count). The van der Waals surface area contributed by atoms with Crippen LogP contribution in [0.4, 0.5) is 0 Å². The summed E-state index contributed by atoms with van der Waals surface area (Å²) in [5.41, 5.74) is 4.30. The molecule has 0 aromatic carbocycles. The Morgan fingerprint density at radius 1 is 1.42 bits per heavy atom. The van der Waals surface area contributed by atoms with Crippen molar-refractivity contribution in [2.24, 2.45) is 11.1 Å². The van der Waals surface area contributed by atoms with Gasteiger partial charge in [0, 0.05) is 18.4 Å². The lowest BCUT2D eigenvalue weighted by Gasteiger charge is -2.57. The Morgan fingerprint density at radius 3 is 2.42 bits per heavy atom. The van der Waals surface area contributed by atoms with Crippen LogP contribution in [0.15, 0.2) is 0 Å². The van der Waals surface area contributed by atoms with Crippen LogP contribution >= 0.6 is 0 Å². The Bertz CT molecular complexity index is 447. The highest BCUT2D eigenvalue weighted by atomic mass is 32.2. The van der Waals surface area contributed by atoms with Crippen LogP contribution in [0.2, 0.25) is 0 Å². The predicted molar refractivity (Wildman–Crippen MR) is 73.0 cm³/mol. The zero-order valence-corrected chi connectivity index (χ0v) is 12.8. The number of hydrogen-bond acceptors (Lipinski definition) is 5. The third-order valence-corrected chi connectivity index (χ3v) is 5.40. The quantitative estimate of drug-likeness (QED) is 0.737. The standard InChI is InChI=1S/C12H24N2O4S/c1-5-7-19(16,17)14-10(15)12(13)8-9(18-6-2)11(12,3)4/h9H,5-8,13H2,1-4H3,(H,14,15). The number of rotatable bonds is 6. The van der Waals surface area contributed by atoms with Crippen molar-refractivity contribution in [3.63, 3.8) is 0 Å². The summed E-state index contributed by atoms with van der Waals surface area (Å²) in [6, 6.07) is 0.